The van der Waals surface area contributed by atoms with Gasteiger partial charge >= 0.3 is 0 Å². The van der Waals surface area contributed by atoms with Gasteiger partial charge in [-0.15, -0.1) is 11.3 Å². The average Bonchev–Trinajstić information content (AvgIpc) is 2.37. The Balaban J connectivity index is 2.90. The van der Waals surface area contributed by atoms with Gasteiger partial charge < -0.3 is 5.21 Å². The normalized spacial score (nSPS) is 10.6. The van der Waals surface area contributed by atoms with E-state index in [4.69, 9.17) is 5.21 Å². The van der Waals surface area contributed by atoms with E-state index in [9.17, 15) is 4.79 Å². The van der Waals surface area contributed by atoms with Crippen LogP contribution in [0.25, 0.3) is 0 Å². The lowest BCUT2D eigenvalue weighted by molar-refractivity contribution is 0.101. The molecule has 0 fully saturated rings. The molecule has 1 N–H and O–H groups in total. The highest BCUT2D eigenvalue weighted by Gasteiger charge is 2.03. The maximum Gasteiger partial charge on any atom is 0.188 e. The van der Waals surface area contributed by atoms with Crippen LogP contribution in [0.2, 0.25) is 0 Å². The summed E-state index contributed by atoms with van der Waals surface area (Å²) in [5, 5.41) is 13.0. The lowest BCUT2D eigenvalue weighted by atomic mass is 10.5. The molecular weight excluding hydrogens is 164 g/mol. The molecule has 11 heavy (non-hydrogen) atoms. The van der Waals surface area contributed by atoms with E-state index >= 15 is 0 Å². The molecule has 1 aromatic heterocycles. The van der Waals surface area contributed by atoms with E-state index in [2.05, 4.69) is 10.1 Å². The zero-order valence-corrected chi connectivity index (χ0v) is 6.63. The molecule has 4 nitrogen and oxygen atoms in total. The summed E-state index contributed by atoms with van der Waals surface area (Å²) in [5.41, 5.74) is 0.503. The minimum Gasteiger partial charge on any atom is -0.411 e. The van der Waals surface area contributed by atoms with Gasteiger partial charge in [0.05, 0.1) is 11.9 Å². The Morgan fingerprint density at radius 1 is 1.91 bits per heavy atom. The Labute approximate surface area is 67.2 Å². The lowest BCUT2D eigenvalue weighted by Crippen LogP contribution is -1.90. The van der Waals surface area contributed by atoms with Crippen LogP contribution in [0.15, 0.2) is 10.5 Å². The summed E-state index contributed by atoms with van der Waals surface area (Å²) < 4.78 is 0. The Hall–Kier alpha value is -1.23. The van der Waals surface area contributed by atoms with Gasteiger partial charge in [0.15, 0.2) is 10.8 Å². The molecule has 0 amide bonds. The highest BCUT2D eigenvalue weighted by Crippen LogP contribution is 2.08. The monoisotopic (exact) mass is 170 g/mol. The van der Waals surface area contributed by atoms with E-state index in [1.807, 2.05) is 0 Å². The molecule has 1 heterocycles. The molecule has 1 rings (SSSR count). The maximum atomic E-state index is 10.7. The molecule has 0 aliphatic rings. The Bertz CT molecular complexity index is 293. The molecule has 0 radical (unpaired) electrons. The zero-order valence-electron chi connectivity index (χ0n) is 5.81. The number of oxime groups is 1. The number of aromatic nitrogens is 1. The van der Waals surface area contributed by atoms with Crippen molar-refractivity contribution in [3.63, 3.8) is 0 Å². The van der Waals surface area contributed by atoms with Gasteiger partial charge in [0, 0.05) is 12.3 Å². The van der Waals surface area contributed by atoms with E-state index in [0.717, 1.165) is 0 Å². The van der Waals surface area contributed by atoms with Crippen LogP contribution < -0.4 is 0 Å². The lowest BCUT2D eigenvalue weighted by Gasteiger charge is -1.80. The van der Waals surface area contributed by atoms with Crippen LogP contribution in [0.5, 0.6) is 0 Å². The van der Waals surface area contributed by atoms with E-state index in [1.165, 1.54) is 24.5 Å². The fourth-order valence-electron chi connectivity index (χ4n) is 0.566. The van der Waals surface area contributed by atoms with E-state index in [-0.39, 0.29) is 5.78 Å². The van der Waals surface area contributed by atoms with Crippen molar-refractivity contribution in [2.45, 2.75) is 6.92 Å². The van der Waals surface area contributed by atoms with Crippen molar-refractivity contribution in [3.05, 3.63) is 16.1 Å². The van der Waals surface area contributed by atoms with Gasteiger partial charge in [-0.1, -0.05) is 5.16 Å². The number of carbonyl (C=O) groups is 1. The predicted octanol–water partition coefficient (Wildman–Crippen LogP) is 1.15. The third kappa shape index (κ3) is 1.84. The van der Waals surface area contributed by atoms with Gasteiger partial charge in [0.1, 0.15) is 0 Å². The number of carbonyl (C=O) groups excluding carboxylic acids is 1. The molecule has 58 valence electrons. The van der Waals surface area contributed by atoms with E-state index in [0.29, 0.717) is 10.7 Å². The van der Waals surface area contributed by atoms with Gasteiger partial charge in [-0.25, -0.2) is 4.98 Å². The molecule has 0 spiro atoms. The number of nitrogens with zero attached hydrogens (tertiary/aromatic N) is 2. The molecule has 0 aromatic carbocycles. The minimum absolute atomic E-state index is 0.0763. The van der Waals surface area contributed by atoms with Crippen molar-refractivity contribution < 1.29 is 10.0 Å². The summed E-state index contributed by atoms with van der Waals surface area (Å²) in [5.74, 6) is -0.0763. The molecule has 0 bridgehead atoms. The first-order valence-electron chi connectivity index (χ1n) is 2.88. The average molecular weight is 170 g/mol. The first-order valence-corrected chi connectivity index (χ1v) is 3.76. The minimum atomic E-state index is -0.0763. The standard InChI is InChI=1S/C6H6N2O2S/c1-4(9)6-8-5(2-7-10)3-11-6/h2-3,10H,1H3/b7-2-. The van der Waals surface area contributed by atoms with Crippen molar-refractivity contribution in [2.24, 2.45) is 5.16 Å². The van der Waals surface area contributed by atoms with Gasteiger partial charge in [-0.2, -0.15) is 0 Å². The summed E-state index contributed by atoms with van der Waals surface area (Å²) in [6.45, 7) is 1.44. The predicted molar refractivity (Wildman–Crippen MR) is 41.5 cm³/mol. The fourth-order valence-corrected chi connectivity index (χ4v) is 1.24. The molecule has 0 saturated heterocycles. The van der Waals surface area contributed by atoms with Crippen LogP contribution in [-0.2, 0) is 0 Å². The smallest absolute Gasteiger partial charge is 0.188 e. The van der Waals surface area contributed by atoms with Crippen LogP contribution in [-0.4, -0.2) is 22.2 Å². The van der Waals surface area contributed by atoms with Crippen molar-refractivity contribution in [3.8, 4) is 0 Å². The van der Waals surface area contributed by atoms with Crippen LogP contribution in [0.3, 0.4) is 0 Å². The van der Waals surface area contributed by atoms with Crippen LogP contribution in [0, 0.1) is 0 Å². The largest absolute Gasteiger partial charge is 0.411 e. The summed E-state index contributed by atoms with van der Waals surface area (Å²) in [7, 11) is 0. The third-order valence-electron chi connectivity index (χ3n) is 1.01. The van der Waals surface area contributed by atoms with Gasteiger partial charge in [-0.05, 0) is 0 Å². The zero-order chi connectivity index (χ0) is 8.27. The SMILES string of the molecule is CC(=O)c1nc(/C=N\O)cs1. The molecule has 0 atom stereocenters. The van der Waals surface area contributed by atoms with Gasteiger partial charge in [-0.3, -0.25) is 4.79 Å². The quantitative estimate of drug-likeness (QED) is 0.313. The van der Waals surface area contributed by atoms with Crippen molar-refractivity contribution in [1.29, 1.82) is 0 Å². The Morgan fingerprint density at radius 2 is 2.64 bits per heavy atom. The molecular formula is C6H6N2O2S. The van der Waals surface area contributed by atoms with Crippen LogP contribution >= 0.6 is 11.3 Å². The highest BCUT2D eigenvalue weighted by atomic mass is 32.1. The second-order valence-electron chi connectivity index (χ2n) is 1.88. The number of hydrogen-bond donors (Lipinski definition) is 1. The topological polar surface area (TPSA) is 62.5 Å². The second-order valence-corrected chi connectivity index (χ2v) is 2.74. The Morgan fingerprint density at radius 3 is 3.09 bits per heavy atom. The molecule has 0 saturated carbocycles. The summed E-state index contributed by atoms with van der Waals surface area (Å²) in [6.07, 6.45) is 1.18. The number of Topliss-reactive ketones (excluding diaryl/α,β-unsaturated/α-hetero) is 1. The summed E-state index contributed by atoms with van der Waals surface area (Å²) in [6, 6.07) is 0. The first-order chi connectivity index (χ1) is 5.24. The van der Waals surface area contributed by atoms with E-state index in [1.54, 1.807) is 5.38 Å². The molecule has 5 heteroatoms. The van der Waals surface area contributed by atoms with Crippen molar-refractivity contribution >= 4 is 23.3 Å². The molecule has 1 aromatic rings. The van der Waals surface area contributed by atoms with Crippen molar-refractivity contribution in [1.82, 2.24) is 4.98 Å². The number of hydrogen-bond acceptors (Lipinski definition) is 5. The number of rotatable bonds is 2. The summed E-state index contributed by atoms with van der Waals surface area (Å²) >= 11 is 1.23. The van der Waals surface area contributed by atoms with Crippen LogP contribution in [0.4, 0.5) is 0 Å². The van der Waals surface area contributed by atoms with Gasteiger partial charge in [0.2, 0.25) is 0 Å². The number of ketones is 1. The van der Waals surface area contributed by atoms with E-state index < -0.39 is 0 Å². The molecule has 0 unspecified atom stereocenters. The highest BCUT2D eigenvalue weighted by molar-refractivity contribution is 7.11. The second kappa shape index (κ2) is 3.25. The van der Waals surface area contributed by atoms with Crippen LogP contribution in [0.1, 0.15) is 22.4 Å². The third-order valence-corrected chi connectivity index (χ3v) is 1.97. The molecule has 0 aliphatic carbocycles. The number of thiazole rings is 1. The fraction of sp³-hybridized carbons (Fsp3) is 0.167. The van der Waals surface area contributed by atoms with Gasteiger partial charge in [0.25, 0.3) is 0 Å². The first kappa shape index (κ1) is 7.87. The maximum absolute atomic E-state index is 10.7. The van der Waals surface area contributed by atoms with Crippen molar-refractivity contribution in [2.75, 3.05) is 0 Å². The Kier molecular flexibility index (Phi) is 2.32. The summed E-state index contributed by atoms with van der Waals surface area (Å²) in [4.78, 5) is 14.6. The molecule has 0 aliphatic heterocycles.